The molecule has 0 atom stereocenters. The Balaban J connectivity index is 1.68. The number of amides is 1. The number of benzene rings is 1. The van der Waals surface area contributed by atoms with Crippen LogP contribution in [0.4, 0.5) is 0 Å². The lowest BCUT2D eigenvalue weighted by Crippen LogP contribution is -2.45. The minimum absolute atomic E-state index is 0.104. The Hall–Kier alpha value is -0.870. The largest absolute Gasteiger partial charge is 0.355 e. The van der Waals surface area contributed by atoms with Gasteiger partial charge in [-0.05, 0) is 42.9 Å². The van der Waals surface area contributed by atoms with Crippen molar-refractivity contribution < 1.29 is 4.79 Å². The van der Waals surface area contributed by atoms with Crippen molar-refractivity contribution in [3.63, 3.8) is 0 Å². The Morgan fingerprint density at radius 1 is 1.42 bits per heavy atom. The number of halogens is 1. The predicted octanol–water partition coefficient (Wildman–Crippen LogP) is 2.81. The van der Waals surface area contributed by atoms with Gasteiger partial charge in [0.05, 0.1) is 6.54 Å². The molecular weight excluding hydrogens is 304 g/mol. The third-order valence-electron chi connectivity index (χ3n) is 3.58. The molecule has 0 saturated heterocycles. The van der Waals surface area contributed by atoms with Gasteiger partial charge in [0.2, 0.25) is 5.91 Å². The second-order valence-corrected chi connectivity index (χ2v) is 6.07. The van der Waals surface area contributed by atoms with Gasteiger partial charge in [-0.3, -0.25) is 4.79 Å². The zero-order valence-electron chi connectivity index (χ0n) is 11.3. The van der Waals surface area contributed by atoms with Crippen LogP contribution in [0.2, 0.25) is 0 Å². The van der Waals surface area contributed by atoms with E-state index in [2.05, 4.69) is 57.8 Å². The normalized spacial score (nSPS) is 21.8. The Morgan fingerprint density at radius 3 is 2.89 bits per heavy atom. The van der Waals surface area contributed by atoms with E-state index >= 15 is 0 Å². The summed E-state index contributed by atoms with van der Waals surface area (Å²) in [6.45, 7) is 3.27. The second kappa shape index (κ2) is 7.06. The van der Waals surface area contributed by atoms with Crippen LogP contribution >= 0.6 is 15.9 Å². The van der Waals surface area contributed by atoms with Crippen molar-refractivity contribution in [3.05, 3.63) is 34.3 Å². The molecule has 0 unspecified atom stereocenters. The van der Waals surface area contributed by atoms with Crippen LogP contribution in [0, 0.1) is 0 Å². The Morgan fingerprint density at radius 2 is 2.21 bits per heavy atom. The van der Waals surface area contributed by atoms with E-state index in [-0.39, 0.29) is 5.91 Å². The highest BCUT2D eigenvalue weighted by atomic mass is 79.9. The monoisotopic (exact) mass is 324 g/mol. The maximum atomic E-state index is 11.5. The lowest BCUT2D eigenvalue weighted by Gasteiger charge is -2.36. The van der Waals surface area contributed by atoms with Crippen LogP contribution in [0.1, 0.15) is 37.7 Å². The number of carbonyl (C=O) groups excluding carboxylic acids is 1. The zero-order valence-corrected chi connectivity index (χ0v) is 12.9. The summed E-state index contributed by atoms with van der Waals surface area (Å²) in [5.41, 5.74) is 1.39. The standard InChI is InChI=1S/C15H21BrN2O/c1-2-6-17-15(19)10-18-14-8-12(9-14)11-4-3-5-13(16)7-11/h3-5,7,12,14,18H,2,6,8-10H2,1H3,(H,17,19). The number of hydrogen-bond donors (Lipinski definition) is 2. The first kappa shape index (κ1) is 14.5. The summed E-state index contributed by atoms with van der Waals surface area (Å²) in [6.07, 6.45) is 3.23. The highest BCUT2D eigenvalue weighted by molar-refractivity contribution is 9.10. The summed E-state index contributed by atoms with van der Waals surface area (Å²) < 4.78 is 1.14. The van der Waals surface area contributed by atoms with Crippen molar-refractivity contribution in [2.75, 3.05) is 13.1 Å². The fourth-order valence-electron chi connectivity index (χ4n) is 2.38. The van der Waals surface area contributed by atoms with Gasteiger partial charge in [0.1, 0.15) is 0 Å². The maximum Gasteiger partial charge on any atom is 0.233 e. The minimum atomic E-state index is 0.104. The molecule has 0 spiro atoms. The van der Waals surface area contributed by atoms with Gasteiger partial charge >= 0.3 is 0 Å². The van der Waals surface area contributed by atoms with Crippen LogP contribution < -0.4 is 10.6 Å². The van der Waals surface area contributed by atoms with Crippen molar-refractivity contribution in [2.45, 2.75) is 38.1 Å². The topological polar surface area (TPSA) is 41.1 Å². The third-order valence-corrected chi connectivity index (χ3v) is 4.07. The van der Waals surface area contributed by atoms with E-state index in [4.69, 9.17) is 0 Å². The number of nitrogens with one attached hydrogen (secondary N) is 2. The average Bonchev–Trinajstić information content (AvgIpc) is 2.34. The van der Waals surface area contributed by atoms with Gasteiger partial charge in [0.25, 0.3) is 0 Å². The first-order valence-corrected chi connectivity index (χ1v) is 7.74. The molecule has 2 N–H and O–H groups in total. The van der Waals surface area contributed by atoms with Crippen LogP contribution in [0.15, 0.2) is 28.7 Å². The Bertz CT molecular complexity index is 430. The number of carbonyl (C=O) groups is 1. The number of hydrogen-bond acceptors (Lipinski definition) is 2. The summed E-state index contributed by atoms with van der Waals surface area (Å²) in [5.74, 6) is 0.737. The van der Waals surface area contributed by atoms with Gasteiger partial charge in [0.15, 0.2) is 0 Å². The van der Waals surface area contributed by atoms with Crippen LogP contribution in [0.5, 0.6) is 0 Å². The molecule has 1 aromatic carbocycles. The van der Waals surface area contributed by atoms with Crippen molar-refractivity contribution in [1.82, 2.24) is 10.6 Å². The highest BCUT2D eigenvalue weighted by Crippen LogP contribution is 2.37. The summed E-state index contributed by atoms with van der Waals surface area (Å²) in [4.78, 5) is 11.5. The van der Waals surface area contributed by atoms with Gasteiger partial charge in [-0.2, -0.15) is 0 Å². The van der Waals surface area contributed by atoms with Crippen LogP contribution in [-0.4, -0.2) is 25.0 Å². The fourth-order valence-corrected chi connectivity index (χ4v) is 2.80. The van der Waals surface area contributed by atoms with Crippen LogP contribution in [-0.2, 0) is 4.79 Å². The molecule has 0 bridgehead atoms. The smallest absolute Gasteiger partial charge is 0.233 e. The van der Waals surface area contributed by atoms with E-state index in [0.29, 0.717) is 18.5 Å². The Kier molecular flexibility index (Phi) is 5.40. The maximum absolute atomic E-state index is 11.5. The number of rotatable bonds is 6. The summed E-state index contributed by atoms with van der Waals surface area (Å²) in [6, 6.07) is 8.99. The van der Waals surface area contributed by atoms with Gasteiger partial charge in [-0.15, -0.1) is 0 Å². The van der Waals surface area contributed by atoms with Gasteiger partial charge < -0.3 is 10.6 Å². The molecule has 19 heavy (non-hydrogen) atoms. The molecule has 4 heteroatoms. The lowest BCUT2D eigenvalue weighted by atomic mass is 9.76. The van der Waals surface area contributed by atoms with E-state index in [1.165, 1.54) is 5.56 Å². The quantitative estimate of drug-likeness (QED) is 0.844. The third kappa shape index (κ3) is 4.32. The van der Waals surface area contributed by atoms with Crippen molar-refractivity contribution >= 4 is 21.8 Å². The highest BCUT2D eigenvalue weighted by Gasteiger charge is 2.30. The summed E-state index contributed by atoms with van der Waals surface area (Å²) >= 11 is 3.50. The molecule has 0 aromatic heterocycles. The molecule has 3 nitrogen and oxygen atoms in total. The van der Waals surface area contributed by atoms with Crippen molar-refractivity contribution in [2.24, 2.45) is 0 Å². The van der Waals surface area contributed by atoms with E-state index in [1.807, 2.05) is 0 Å². The SMILES string of the molecule is CCCNC(=O)CNC1CC(c2cccc(Br)c2)C1. The van der Waals surface area contributed by atoms with Crippen LogP contribution in [0.3, 0.4) is 0 Å². The van der Waals surface area contributed by atoms with Crippen molar-refractivity contribution in [3.8, 4) is 0 Å². The van der Waals surface area contributed by atoms with Crippen molar-refractivity contribution in [1.29, 1.82) is 0 Å². The summed E-state index contributed by atoms with van der Waals surface area (Å²) in [5, 5.41) is 6.20. The molecule has 1 aliphatic carbocycles. The molecular formula is C15H21BrN2O. The Labute approximate surface area is 123 Å². The van der Waals surface area contributed by atoms with Gasteiger partial charge in [-0.25, -0.2) is 0 Å². The molecule has 2 rings (SSSR count). The van der Waals surface area contributed by atoms with Gasteiger partial charge in [-0.1, -0.05) is 35.0 Å². The van der Waals surface area contributed by atoms with E-state index in [1.54, 1.807) is 0 Å². The van der Waals surface area contributed by atoms with E-state index in [9.17, 15) is 4.79 Å². The first-order chi connectivity index (χ1) is 9.19. The molecule has 0 radical (unpaired) electrons. The lowest BCUT2D eigenvalue weighted by molar-refractivity contribution is -0.120. The molecule has 0 heterocycles. The zero-order chi connectivity index (χ0) is 13.7. The minimum Gasteiger partial charge on any atom is -0.355 e. The van der Waals surface area contributed by atoms with E-state index < -0.39 is 0 Å². The molecule has 1 amide bonds. The predicted molar refractivity (Wildman–Crippen MR) is 81.2 cm³/mol. The molecule has 1 saturated carbocycles. The first-order valence-electron chi connectivity index (χ1n) is 6.94. The molecule has 1 fully saturated rings. The average molecular weight is 325 g/mol. The molecule has 1 aliphatic rings. The second-order valence-electron chi connectivity index (χ2n) is 5.15. The molecule has 0 aliphatic heterocycles. The van der Waals surface area contributed by atoms with E-state index in [0.717, 1.165) is 30.3 Å². The molecule has 1 aromatic rings. The fraction of sp³-hybridized carbons (Fsp3) is 0.533. The van der Waals surface area contributed by atoms with Gasteiger partial charge in [0, 0.05) is 17.1 Å². The molecule has 104 valence electrons. The van der Waals surface area contributed by atoms with Crippen LogP contribution in [0.25, 0.3) is 0 Å². The summed E-state index contributed by atoms with van der Waals surface area (Å²) in [7, 11) is 0.